The molecule has 2 heterocycles. The number of thiophene rings is 1. The average molecular weight is 328 g/mol. The van der Waals surface area contributed by atoms with Crippen molar-refractivity contribution >= 4 is 27.5 Å². The summed E-state index contributed by atoms with van der Waals surface area (Å²) in [6.07, 6.45) is 1.38. The van der Waals surface area contributed by atoms with Gasteiger partial charge in [-0.25, -0.2) is 4.98 Å². The molecule has 5 nitrogen and oxygen atoms in total. The van der Waals surface area contributed by atoms with Crippen LogP contribution in [0.3, 0.4) is 0 Å². The summed E-state index contributed by atoms with van der Waals surface area (Å²) in [5.41, 5.74) is 0.746. The number of rotatable bonds is 5. The molecule has 3 aromatic rings. The molecule has 118 valence electrons. The van der Waals surface area contributed by atoms with Crippen LogP contribution in [0.1, 0.15) is 19.2 Å². The highest BCUT2D eigenvalue weighted by atomic mass is 32.1. The minimum absolute atomic E-state index is 0.278. The molecule has 6 heteroatoms. The summed E-state index contributed by atoms with van der Waals surface area (Å²) < 4.78 is 1.27. The van der Waals surface area contributed by atoms with Crippen molar-refractivity contribution in [3.8, 4) is 10.4 Å². The van der Waals surface area contributed by atoms with Crippen molar-refractivity contribution in [3.63, 3.8) is 0 Å². The molecule has 0 spiro atoms. The fourth-order valence-corrected chi connectivity index (χ4v) is 3.56. The van der Waals surface area contributed by atoms with E-state index in [0.29, 0.717) is 22.5 Å². The summed E-state index contributed by atoms with van der Waals surface area (Å²) in [4.78, 5) is 29.9. The molecule has 0 radical (unpaired) electrons. The lowest BCUT2D eigenvalue weighted by molar-refractivity contribution is -0.137. The highest BCUT2D eigenvalue weighted by molar-refractivity contribution is 7.21. The largest absolute Gasteiger partial charge is 0.480 e. The standard InChI is InChI=1S/C17H16N2O3S/c1-2-6-14-18-16-12(17(22)19(14)10-15(20)21)9-13(23-16)11-7-4-3-5-8-11/h3-5,7-9H,2,6,10H2,1H3,(H,20,21). The van der Waals surface area contributed by atoms with E-state index in [2.05, 4.69) is 4.98 Å². The van der Waals surface area contributed by atoms with Crippen LogP contribution in [0.2, 0.25) is 0 Å². The summed E-state index contributed by atoms with van der Waals surface area (Å²) in [6.45, 7) is 1.62. The van der Waals surface area contributed by atoms with Crippen molar-refractivity contribution in [3.05, 3.63) is 52.6 Å². The van der Waals surface area contributed by atoms with Crippen LogP contribution in [0.15, 0.2) is 41.2 Å². The van der Waals surface area contributed by atoms with Crippen molar-refractivity contribution in [2.75, 3.05) is 0 Å². The highest BCUT2D eigenvalue weighted by Gasteiger charge is 2.16. The summed E-state index contributed by atoms with van der Waals surface area (Å²) in [7, 11) is 0. The van der Waals surface area contributed by atoms with E-state index in [9.17, 15) is 9.59 Å². The predicted molar refractivity (Wildman–Crippen MR) is 90.9 cm³/mol. The Labute approximate surface area is 136 Å². The number of carboxylic acid groups (broad SMARTS) is 1. The van der Waals surface area contributed by atoms with Gasteiger partial charge >= 0.3 is 5.97 Å². The molecular weight excluding hydrogens is 312 g/mol. The SMILES string of the molecule is CCCc1nc2sc(-c3ccccc3)cc2c(=O)n1CC(=O)O. The van der Waals surface area contributed by atoms with Gasteiger partial charge in [0.05, 0.1) is 5.39 Å². The molecule has 0 saturated carbocycles. The van der Waals surface area contributed by atoms with Gasteiger partial charge in [0.1, 0.15) is 17.2 Å². The number of hydrogen-bond donors (Lipinski definition) is 1. The van der Waals surface area contributed by atoms with Gasteiger partial charge in [0.25, 0.3) is 5.56 Å². The zero-order chi connectivity index (χ0) is 16.4. The van der Waals surface area contributed by atoms with E-state index < -0.39 is 5.97 Å². The number of fused-ring (bicyclic) bond motifs is 1. The summed E-state index contributed by atoms with van der Waals surface area (Å²) in [6, 6.07) is 11.6. The van der Waals surface area contributed by atoms with Gasteiger partial charge in [0.15, 0.2) is 0 Å². The normalized spacial score (nSPS) is 11.0. The lowest BCUT2D eigenvalue weighted by Crippen LogP contribution is -2.28. The number of carbonyl (C=O) groups is 1. The van der Waals surface area contributed by atoms with Crippen LogP contribution in [0, 0.1) is 0 Å². The summed E-state index contributed by atoms with van der Waals surface area (Å²) in [5.74, 6) is -0.502. The van der Waals surface area contributed by atoms with Crippen LogP contribution in [0.4, 0.5) is 0 Å². The Bertz CT molecular complexity index is 913. The smallest absolute Gasteiger partial charge is 0.323 e. The molecule has 0 saturated heterocycles. The molecule has 0 aliphatic heterocycles. The van der Waals surface area contributed by atoms with Gasteiger partial charge in [-0.05, 0) is 18.1 Å². The predicted octanol–water partition coefficient (Wildman–Crippen LogP) is 3.16. The number of aliphatic carboxylic acids is 1. The fourth-order valence-electron chi connectivity index (χ4n) is 2.52. The molecule has 0 unspecified atom stereocenters. The fraction of sp³-hybridized carbons (Fsp3) is 0.235. The number of aryl methyl sites for hydroxylation is 1. The second-order valence-electron chi connectivity index (χ2n) is 5.26. The maximum Gasteiger partial charge on any atom is 0.323 e. The molecule has 0 aliphatic carbocycles. The number of benzene rings is 1. The second-order valence-corrected chi connectivity index (χ2v) is 6.29. The monoisotopic (exact) mass is 328 g/mol. The molecule has 0 atom stereocenters. The Morgan fingerprint density at radius 1 is 1.30 bits per heavy atom. The number of nitrogens with zero attached hydrogens (tertiary/aromatic N) is 2. The third-order valence-electron chi connectivity index (χ3n) is 3.56. The van der Waals surface area contributed by atoms with Gasteiger partial charge in [-0.15, -0.1) is 11.3 Å². The van der Waals surface area contributed by atoms with Gasteiger partial charge in [-0.1, -0.05) is 37.3 Å². The van der Waals surface area contributed by atoms with E-state index in [1.165, 1.54) is 15.9 Å². The van der Waals surface area contributed by atoms with E-state index in [4.69, 9.17) is 5.11 Å². The number of carboxylic acids is 1. The van der Waals surface area contributed by atoms with E-state index in [-0.39, 0.29) is 12.1 Å². The average Bonchev–Trinajstić information content (AvgIpc) is 2.96. The molecule has 3 rings (SSSR count). The topological polar surface area (TPSA) is 72.2 Å². The number of aromatic nitrogens is 2. The lowest BCUT2D eigenvalue weighted by atomic mass is 10.2. The molecule has 2 aromatic heterocycles. The van der Waals surface area contributed by atoms with E-state index in [1.807, 2.05) is 37.3 Å². The Kier molecular flexibility index (Phi) is 4.25. The van der Waals surface area contributed by atoms with Crippen molar-refractivity contribution < 1.29 is 9.90 Å². The number of hydrogen-bond acceptors (Lipinski definition) is 4. The Morgan fingerprint density at radius 2 is 2.04 bits per heavy atom. The van der Waals surface area contributed by atoms with Crippen LogP contribution < -0.4 is 5.56 Å². The Balaban J connectivity index is 2.20. The Hall–Kier alpha value is -2.47. The van der Waals surface area contributed by atoms with Gasteiger partial charge in [-0.2, -0.15) is 0 Å². The van der Waals surface area contributed by atoms with E-state index >= 15 is 0 Å². The first-order valence-electron chi connectivity index (χ1n) is 7.40. The van der Waals surface area contributed by atoms with Crippen LogP contribution in [-0.4, -0.2) is 20.6 Å². The second kappa shape index (κ2) is 6.34. The molecule has 0 amide bonds. The van der Waals surface area contributed by atoms with E-state index in [1.54, 1.807) is 6.07 Å². The molecule has 0 aliphatic rings. The summed E-state index contributed by atoms with van der Waals surface area (Å²) in [5, 5.41) is 9.54. The molecule has 0 bridgehead atoms. The maximum absolute atomic E-state index is 12.7. The molecule has 1 N–H and O–H groups in total. The zero-order valence-corrected chi connectivity index (χ0v) is 13.5. The van der Waals surface area contributed by atoms with Gasteiger partial charge in [0, 0.05) is 11.3 Å². The van der Waals surface area contributed by atoms with Crippen LogP contribution >= 0.6 is 11.3 Å². The van der Waals surface area contributed by atoms with Crippen molar-refractivity contribution in [2.45, 2.75) is 26.3 Å². The van der Waals surface area contributed by atoms with Gasteiger partial charge in [-0.3, -0.25) is 14.2 Å². The minimum atomic E-state index is -1.04. The first kappa shape index (κ1) is 15.4. The van der Waals surface area contributed by atoms with Crippen molar-refractivity contribution in [2.24, 2.45) is 0 Å². The Morgan fingerprint density at radius 3 is 2.70 bits per heavy atom. The van der Waals surface area contributed by atoms with Crippen LogP contribution in [0.25, 0.3) is 20.7 Å². The van der Waals surface area contributed by atoms with Crippen molar-refractivity contribution in [1.82, 2.24) is 9.55 Å². The summed E-state index contributed by atoms with van der Waals surface area (Å²) >= 11 is 1.46. The third-order valence-corrected chi connectivity index (χ3v) is 4.63. The third kappa shape index (κ3) is 3.03. The quantitative estimate of drug-likeness (QED) is 0.781. The first-order chi connectivity index (χ1) is 11.1. The van der Waals surface area contributed by atoms with Gasteiger partial charge in [0.2, 0.25) is 0 Å². The molecule has 23 heavy (non-hydrogen) atoms. The highest BCUT2D eigenvalue weighted by Crippen LogP contribution is 2.31. The zero-order valence-electron chi connectivity index (χ0n) is 12.7. The van der Waals surface area contributed by atoms with Crippen molar-refractivity contribution in [1.29, 1.82) is 0 Å². The first-order valence-corrected chi connectivity index (χ1v) is 8.22. The maximum atomic E-state index is 12.7. The van der Waals surface area contributed by atoms with Crippen LogP contribution in [-0.2, 0) is 17.8 Å². The molecule has 1 aromatic carbocycles. The minimum Gasteiger partial charge on any atom is -0.480 e. The van der Waals surface area contributed by atoms with Crippen LogP contribution in [0.5, 0.6) is 0 Å². The van der Waals surface area contributed by atoms with Gasteiger partial charge < -0.3 is 5.11 Å². The molecular formula is C17H16N2O3S. The lowest BCUT2D eigenvalue weighted by Gasteiger charge is -2.09. The molecule has 0 fully saturated rings. The van der Waals surface area contributed by atoms with E-state index in [0.717, 1.165) is 16.9 Å².